The van der Waals surface area contributed by atoms with Crippen molar-refractivity contribution in [3.05, 3.63) is 42.0 Å². The number of aromatic nitrogens is 3. The first-order valence-corrected chi connectivity index (χ1v) is 6.46. The van der Waals surface area contributed by atoms with Crippen LogP contribution in [0.25, 0.3) is 0 Å². The number of rotatable bonds is 5. The van der Waals surface area contributed by atoms with Crippen molar-refractivity contribution < 1.29 is 5.11 Å². The molecule has 0 saturated heterocycles. The van der Waals surface area contributed by atoms with Gasteiger partial charge in [0.1, 0.15) is 5.75 Å². The van der Waals surface area contributed by atoms with Gasteiger partial charge in [-0.1, -0.05) is 0 Å². The minimum absolute atomic E-state index is 0.224. The molecule has 2 aromatic heterocycles. The van der Waals surface area contributed by atoms with Gasteiger partial charge in [-0.05, 0) is 39.0 Å². The highest BCUT2D eigenvalue weighted by molar-refractivity contribution is 5.27. The fourth-order valence-corrected chi connectivity index (χ4v) is 1.91. The number of aromatic hydroxyl groups is 1. The van der Waals surface area contributed by atoms with Crippen LogP contribution in [0.15, 0.2) is 30.6 Å². The van der Waals surface area contributed by atoms with Gasteiger partial charge in [0, 0.05) is 30.7 Å². The number of hydrogen-bond donors (Lipinski definition) is 2. The van der Waals surface area contributed by atoms with Crippen LogP contribution < -0.4 is 5.32 Å². The summed E-state index contributed by atoms with van der Waals surface area (Å²) in [6.45, 7) is 6.66. The third-order valence-electron chi connectivity index (χ3n) is 3.35. The van der Waals surface area contributed by atoms with Crippen LogP contribution in [0.1, 0.15) is 31.3 Å². The fraction of sp³-hybridized carbons (Fsp3) is 0.429. The average molecular weight is 260 g/mol. The summed E-state index contributed by atoms with van der Waals surface area (Å²) in [5, 5.41) is 17.4. The van der Waals surface area contributed by atoms with Gasteiger partial charge in [0.05, 0.1) is 11.7 Å². The standard InChI is InChI=1S/C14H20N4O/c1-10-5-6-14(19)13(17-10)9-15-11(2)12(3)18-8-4-7-16-18/h4-8,11-12,15,19H,9H2,1-3H3/t11-,12+/m0/s1. The van der Waals surface area contributed by atoms with E-state index in [0.717, 1.165) is 5.69 Å². The van der Waals surface area contributed by atoms with E-state index in [2.05, 4.69) is 29.2 Å². The number of nitrogens with zero attached hydrogens (tertiary/aromatic N) is 3. The van der Waals surface area contributed by atoms with Crippen LogP contribution >= 0.6 is 0 Å². The molecule has 0 aromatic carbocycles. The van der Waals surface area contributed by atoms with Gasteiger partial charge >= 0.3 is 0 Å². The molecule has 0 spiro atoms. The second kappa shape index (κ2) is 5.84. The van der Waals surface area contributed by atoms with Gasteiger partial charge in [0.2, 0.25) is 0 Å². The second-order valence-corrected chi connectivity index (χ2v) is 4.81. The molecule has 2 atom stereocenters. The van der Waals surface area contributed by atoms with Crippen LogP contribution in [0.2, 0.25) is 0 Å². The SMILES string of the molecule is Cc1ccc(O)c(CN[C@@H](C)[C@@H](C)n2cccn2)n1. The highest BCUT2D eigenvalue weighted by Gasteiger charge is 2.14. The molecule has 0 aliphatic carbocycles. The lowest BCUT2D eigenvalue weighted by molar-refractivity contribution is 0.360. The lowest BCUT2D eigenvalue weighted by Crippen LogP contribution is -2.33. The molecule has 2 aromatic rings. The smallest absolute Gasteiger partial charge is 0.138 e. The Morgan fingerprint density at radius 2 is 2.16 bits per heavy atom. The van der Waals surface area contributed by atoms with E-state index in [-0.39, 0.29) is 17.8 Å². The summed E-state index contributed by atoms with van der Waals surface area (Å²) in [6, 6.07) is 5.86. The quantitative estimate of drug-likeness (QED) is 0.863. The van der Waals surface area contributed by atoms with E-state index in [1.807, 2.05) is 23.9 Å². The Balaban J connectivity index is 1.96. The molecule has 0 amide bonds. The zero-order chi connectivity index (χ0) is 13.8. The van der Waals surface area contributed by atoms with Crippen LogP contribution in [0.5, 0.6) is 5.75 Å². The Morgan fingerprint density at radius 3 is 2.84 bits per heavy atom. The molecule has 19 heavy (non-hydrogen) atoms. The molecular weight excluding hydrogens is 240 g/mol. The molecule has 2 rings (SSSR count). The van der Waals surface area contributed by atoms with Gasteiger partial charge in [-0.3, -0.25) is 9.67 Å². The van der Waals surface area contributed by atoms with Crippen molar-refractivity contribution in [2.24, 2.45) is 0 Å². The fourth-order valence-electron chi connectivity index (χ4n) is 1.91. The van der Waals surface area contributed by atoms with E-state index in [1.165, 1.54) is 0 Å². The monoisotopic (exact) mass is 260 g/mol. The van der Waals surface area contributed by atoms with Crippen LogP contribution in [0.3, 0.4) is 0 Å². The Kier molecular flexibility index (Phi) is 4.16. The lowest BCUT2D eigenvalue weighted by atomic mass is 10.1. The van der Waals surface area contributed by atoms with E-state index in [9.17, 15) is 5.11 Å². The van der Waals surface area contributed by atoms with Crippen molar-refractivity contribution in [2.75, 3.05) is 0 Å². The number of nitrogens with one attached hydrogen (secondary N) is 1. The second-order valence-electron chi connectivity index (χ2n) is 4.81. The van der Waals surface area contributed by atoms with Crippen molar-refractivity contribution in [3.63, 3.8) is 0 Å². The van der Waals surface area contributed by atoms with E-state index in [4.69, 9.17) is 0 Å². The van der Waals surface area contributed by atoms with Crippen molar-refractivity contribution in [1.29, 1.82) is 0 Å². The summed E-state index contributed by atoms with van der Waals surface area (Å²) in [7, 11) is 0. The maximum atomic E-state index is 9.75. The molecule has 0 fully saturated rings. The number of pyridine rings is 1. The van der Waals surface area contributed by atoms with Crippen molar-refractivity contribution in [1.82, 2.24) is 20.1 Å². The molecule has 5 nitrogen and oxygen atoms in total. The summed E-state index contributed by atoms with van der Waals surface area (Å²) in [6.07, 6.45) is 3.72. The van der Waals surface area contributed by atoms with Crippen molar-refractivity contribution in [2.45, 2.75) is 39.4 Å². The predicted octanol–water partition coefficient (Wildman–Crippen LogP) is 2.03. The van der Waals surface area contributed by atoms with Crippen LogP contribution in [-0.2, 0) is 6.54 Å². The molecule has 5 heteroatoms. The van der Waals surface area contributed by atoms with Gasteiger partial charge in [-0.25, -0.2) is 0 Å². The van der Waals surface area contributed by atoms with E-state index in [1.54, 1.807) is 18.3 Å². The topological polar surface area (TPSA) is 63.0 Å². The van der Waals surface area contributed by atoms with Crippen LogP contribution in [-0.4, -0.2) is 25.9 Å². The van der Waals surface area contributed by atoms with Crippen LogP contribution in [0, 0.1) is 6.92 Å². The minimum Gasteiger partial charge on any atom is -0.506 e. The van der Waals surface area contributed by atoms with Crippen molar-refractivity contribution >= 4 is 0 Å². The van der Waals surface area contributed by atoms with Gasteiger partial charge < -0.3 is 10.4 Å². The molecule has 0 unspecified atom stereocenters. The van der Waals surface area contributed by atoms with Gasteiger partial charge in [-0.2, -0.15) is 5.10 Å². The third kappa shape index (κ3) is 3.32. The molecule has 2 heterocycles. The maximum Gasteiger partial charge on any atom is 0.138 e. The molecule has 0 radical (unpaired) electrons. The van der Waals surface area contributed by atoms with Gasteiger partial charge in [0.15, 0.2) is 0 Å². The molecule has 0 aliphatic rings. The van der Waals surface area contributed by atoms with E-state index >= 15 is 0 Å². The van der Waals surface area contributed by atoms with Gasteiger partial charge in [0.25, 0.3) is 0 Å². The number of hydrogen-bond acceptors (Lipinski definition) is 4. The Bertz CT molecular complexity index is 524. The molecule has 0 saturated carbocycles. The normalized spacial score (nSPS) is 14.3. The van der Waals surface area contributed by atoms with Crippen molar-refractivity contribution in [3.8, 4) is 5.75 Å². The predicted molar refractivity (Wildman–Crippen MR) is 73.9 cm³/mol. The summed E-state index contributed by atoms with van der Waals surface area (Å²) >= 11 is 0. The lowest BCUT2D eigenvalue weighted by Gasteiger charge is -2.21. The Hall–Kier alpha value is -1.88. The Labute approximate surface area is 113 Å². The van der Waals surface area contributed by atoms with E-state index < -0.39 is 0 Å². The first-order valence-electron chi connectivity index (χ1n) is 6.46. The Morgan fingerprint density at radius 1 is 1.37 bits per heavy atom. The highest BCUT2D eigenvalue weighted by atomic mass is 16.3. The average Bonchev–Trinajstić information content (AvgIpc) is 2.92. The molecule has 2 N–H and O–H groups in total. The van der Waals surface area contributed by atoms with Crippen LogP contribution in [0.4, 0.5) is 0 Å². The zero-order valence-corrected chi connectivity index (χ0v) is 11.5. The summed E-state index contributed by atoms with van der Waals surface area (Å²) in [4.78, 5) is 4.33. The largest absolute Gasteiger partial charge is 0.506 e. The zero-order valence-electron chi connectivity index (χ0n) is 11.5. The summed E-state index contributed by atoms with van der Waals surface area (Å²) < 4.78 is 1.92. The molecule has 0 aliphatic heterocycles. The maximum absolute atomic E-state index is 9.75. The highest BCUT2D eigenvalue weighted by Crippen LogP contribution is 2.16. The first kappa shape index (κ1) is 13.5. The molecule has 0 bridgehead atoms. The molecule has 102 valence electrons. The molecular formula is C14H20N4O. The summed E-state index contributed by atoms with van der Waals surface area (Å²) in [5.41, 5.74) is 1.59. The van der Waals surface area contributed by atoms with Gasteiger partial charge in [-0.15, -0.1) is 0 Å². The minimum atomic E-state index is 0.224. The third-order valence-corrected chi connectivity index (χ3v) is 3.35. The summed E-state index contributed by atoms with van der Waals surface area (Å²) in [5.74, 6) is 0.233. The first-order chi connectivity index (χ1) is 9.08. The number of aryl methyl sites for hydroxylation is 1. The van der Waals surface area contributed by atoms with E-state index in [0.29, 0.717) is 12.2 Å².